The van der Waals surface area contributed by atoms with E-state index in [-0.39, 0.29) is 23.8 Å². The van der Waals surface area contributed by atoms with Crippen LogP contribution in [0.5, 0.6) is 17.2 Å². The number of fused-ring (bicyclic) bond motifs is 1. The first-order valence-corrected chi connectivity index (χ1v) is 10.9. The van der Waals surface area contributed by atoms with E-state index in [9.17, 15) is 9.59 Å². The Morgan fingerprint density at radius 2 is 1.66 bits per heavy atom. The number of benzene rings is 2. The van der Waals surface area contributed by atoms with Crippen molar-refractivity contribution in [2.24, 2.45) is 5.92 Å². The maximum absolute atomic E-state index is 13.2. The normalized spacial score (nSPS) is 16.0. The Balaban J connectivity index is 1.78. The van der Waals surface area contributed by atoms with E-state index in [4.69, 9.17) is 14.2 Å². The average Bonchev–Trinajstić information content (AvgIpc) is 2.81. The second-order valence-corrected chi connectivity index (χ2v) is 8.26. The van der Waals surface area contributed by atoms with E-state index in [0.29, 0.717) is 22.8 Å². The lowest BCUT2D eigenvalue weighted by molar-refractivity contribution is -0.124. The highest BCUT2D eigenvalue weighted by Gasteiger charge is 2.29. The SMILES string of the molecule is COc1cc(C(=O)N[C@@H](C(=O)NC2CCCc3ccccc32)C(C)C)cc(OC)c1OC. The van der Waals surface area contributed by atoms with Crippen LogP contribution in [0.25, 0.3) is 0 Å². The van der Waals surface area contributed by atoms with Crippen molar-refractivity contribution >= 4 is 11.8 Å². The summed E-state index contributed by atoms with van der Waals surface area (Å²) in [7, 11) is 4.49. The second-order valence-electron chi connectivity index (χ2n) is 8.26. The summed E-state index contributed by atoms with van der Waals surface area (Å²) >= 11 is 0. The number of hydrogen-bond acceptors (Lipinski definition) is 5. The van der Waals surface area contributed by atoms with Crippen molar-refractivity contribution < 1.29 is 23.8 Å². The van der Waals surface area contributed by atoms with Crippen molar-refractivity contribution in [1.82, 2.24) is 10.6 Å². The maximum atomic E-state index is 13.2. The molecule has 0 aliphatic heterocycles. The zero-order chi connectivity index (χ0) is 23.3. The predicted molar refractivity (Wildman–Crippen MR) is 122 cm³/mol. The van der Waals surface area contributed by atoms with Gasteiger partial charge in [0, 0.05) is 5.56 Å². The molecule has 0 heterocycles. The molecule has 1 aliphatic rings. The molecule has 7 heteroatoms. The molecule has 0 aromatic heterocycles. The van der Waals surface area contributed by atoms with Gasteiger partial charge >= 0.3 is 0 Å². The zero-order valence-electron chi connectivity index (χ0n) is 19.4. The molecule has 32 heavy (non-hydrogen) atoms. The van der Waals surface area contributed by atoms with Crippen LogP contribution in [-0.2, 0) is 11.2 Å². The van der Waals surface area contributed by atoms with Crippen LogP contribution < -0.4 is 24.8 Å². The van der Waals surface area contributed by atoms with E-state index in [1.165, 1.54) is 26.9 Å². The van der Waals surface area contributed by atoms with Crippen LogP contribution in [0.3, 0.4) is 0 Å². The molecule has 0 fully saturated rings. The molecular formula is C25H32N2O5. The Morgan fingerprint density at radius 3 is 2.25 bits per heavy atom. The fourth-order valence-corrected chi connectivity index (χ4v) is 4.14. The van der Waals surface area contributed by atoms with E-state index < -0.39 is 6.04 Å². The van der Waals surface area contributed by atoms with Crippen molar-refractivity contribution in [2.75, 3.05) is 21.3 Å². The van der Waals surface area contributed by atoms with Crippen LogP contribution >= 0.6 is 0 Å². The molecule has 2 aromatic carbocycles. The standard InChI is InChI=1S/C25H32N2O5/c1-15(2)22(25(29)26-19-12-8-10-16-9-6-7-11-18(16)19)27-24(28)17-13-20(30-3)23(32-5)21(14-17)31-4/h6-7,9,11,13-15,19,22H,8,10,12H2,1-5H3,(H,26,29)(H,27,28)/t19?,22-/m1/s1. The van der Waals surface area contributed by atoms with Crippen molar-refractivity contribution in [3.63, 3.8) is 0 Å². The van der Waals surface area contributed by atoms with E-state index in [1.807, 2.05) is 26.0 Å². The molecule has 172 valence electrons. The zero-order valence-corrected chi connectivity index (χ0v) is 19.4. The second kappa shape index (κ2) is 10.4. The number of carbonyl (C=O) groups is 2. The van der Waals surface area contributed by atoms with Crippen molar-refractivity contribution in [1.29, 1.82) is 0 Å². The van der Waals surface area contributed by atoms with Gasteiger partial charge in [-0.25, -0.2) is 0 Å². The van der Waals surface area contributed by atoms with Crippen LogP contribution in [0.1, 0.15) is 54.2 Å². The molecule has 3 rings (SSSR count). The third kappa shape index (κ3) is 4.98. The van der Waals surface area contributed by atoms with Crippen LogP contribution in [-0.4, -0.2) is 39.2 Å². The number of nitrogens with one attached hydrogen (secondary N) is 2. The minimum Gasteiger partial charge on any atom is -0.493 e. The highest BCUT2D eigenvalue weighted by molar-refractivity contribution is 5.98. The minimum absolute atomic E-state index is 0.0493. The topological polar surface area (TPSA) is 85.9 Å². The summed E-state index contributed by atoms with van der Waals surface area (Å²) in [6.07, 6.45) is 2.93. The van der Waals surface area contributed by atoms with Gasteiger partial charge in [-0.2, -0.15) is 0 Å². The number of methoxy groups -OCH3 is 3. The van der Waals surface area contributed by atoms with Gasteiger partial charge in [0.15, 0.2) is 11.5 Å². The molecular weight excluding hydrogens is 408 g/mol. The Kier molecular flexibility index (Phi) is 7.62. The van der Waals surface area contributed by atoms with Gasteiger partial charge in [-0.1, -0.05) is 38.1 Å². The highest BCUT2D eigenvalue weighted by atomic mass is 16.5. The first-order valence-electron chi connectivity index (χ1n) is 10.9. The Morgan fingerprint density at radius 1 is 1.00 bits per heavy atom. The molecule has 1 aliphatic carbocycles. The molecule has 0 saturated heterocycles. The maximum Gasteiger partial charge on any atom is 0.252 e. The van der Waals surface area contributed by atoms with Gasteiger partial charge in [-0.05, 0) is 48.4 Å². The molecule has 2 N–H and O–H groups in total. The average molecular weight is 441 g/mol. The number of hydrogen-bond donors (Lipinski definition) is 2. The van der Waals surface area contributed by atoms with Gasteiger partial charge in [0.1, 0.15) is 6.04 Å². The predicted octanol–water partition coefficient (Wildman–Crippen LogP) is 3.66. The number of rotatable bonds is 8. The summed E-state index contributed by atoms with van der Waals surface area (Å²) in [6.45, 7) is 3.82. The van der Waals surface area contributed by atoms with Gasteiger partial charge in [0.2, 0.25) is 11.7 Å². The number of carbonyl (C=O) groups excluding carboxylic acids is 2. The molecule has 0 saturated carbocycles. The minimum atomic E-state index is -0.685. The Labute approximate surface area is 189 Å². The van der Waals surface area contributed by atoms with Gasteiger partial charge in [0.25, 0.3) is 5.91 Å². The Hall–Kier alpha value is -3.22. The number of aryl methyl sites for hydroxylation is 1. The van der Waals surface area contributed by atoms with Gasteiger partial charge in [0.05, 0.1) is 27.4 Å². The van der Waals surface area contributed by atoms with Crippen LogP contribution in [0.2, 0.25) is 0 Å². The van der Waals surface area contributed by atoms with Gasteiger partial charge < -0.3 is 24.8 Å². The lowest BCUT2D eigenvalue weighted by Crippen LogP contribution is -2.50. The van der Waals surface area contributed by atoms with E-state index in [1.54, 1.807) is 12.1 Å². The summed E-state index contributed by atoms with van der Waals surface area (Å²) in [6, 6.07) is 10.6. The molecule has 2 aromatic rings. The summed E-state index contributed by atoms with van der Waals surface area (Å²) in [5.41, 5.74) is 2.75. The third-order valence-electron chi connectivity index (χ3n) is 5.85. The number of amides is 2. The lowest BCUT2D eigenvalue weighted by atomic mass is 9.87. The molecule has 0 bridgehead atoms. The fourth-order valence-electron chi connectivity index (χ4n) is 4.14. The summed E-state index contributed by atoms with van der Waals surface area (Å²) < 4.78 is 16.0. The third-order valence-corrected chi connectivity index (χ3v) is 5.85. The fraction of sp³-hybridized carbons (Fsp3) is 0.440. The highest BCUT2D eigenvalue weighted by Crippen LogP contribution is 2.38. The molecule has 2 atom stereocenters. The molecule has 2 amide bonds. The Bertz CT molecular complexity index is 948. The summed E-state index contributed by atoms with van der Waals surface area (Å²) in [4.78, 5) is 26.2. The molecule has 0 radical (unpaired) electrons. The largest absolute Gasteiger partial charge is 0.493 e. The first-order chi connectivity index (χ1) is 15.4. The monoisotopic (exact) mass is 440 g/mol. The van der Waals surface area contributed by atoms with Crippen molar-refractivity contribution in [2.45, 2.75) is 45.2 Å². The summed E-state index contributed by atoms with van der Waals surface area (Å²) in [5, 5.41) is 6.04. The molecule has 1 unspecified atom stereocenters. The quantitative estimate of drug-likeness (QED) is 0.654. The smallest absolute Gasteiger partial charge is 0.252 e. The van der Waals surface area contributed by atoms with Crippen molar-refractivity contribution in [3.8, 4) is 17.2 Å². The van der Waals surface area contributed by atoms with Crippen LogP contribution in [0.4, 0.5) is 0 Å². The van der Waals surface area contributed by atoms with E-state index in [2.05, 4.69) is 22.8 Å². The van der Waals surface area contributed by atoms with Crippen LogP contribution in [0.15, 0.2) is 36.4 Å². The van der Waals surface area contributed by atoms with Gasteiger partial charge in [-0.3, -0.25) is 9.59 Å². The molecule has 7 nitrogen and oxygen atoms in total. The first kappa shape index (κ1) is 23.4. The van der Waals surface area contributed by atoms with E-state index >= 15 is 0 Å². The van der Waals surface area contributed by atoms with E-state index in [0.717, 1.165) is 24.8 Å². The number of ether oxygens (including phenoxy) is 3. The lowest BCUT2D eigenvalue weighted by Gasteiger charge is -2.29. The van der Waals surface area contributed by atoms with Crippen LogP contribution in [0, 0.1) is 5.92 Å². The van der Waals surface area contributed by atoms with Gasteiger partial charge in [-0.15, -0.1) is 0 Å². The van der Waals surface area contributed by atoms with Crippen molar-refractivity contribution in [3.05, 3.63) is 53.1 Å². The molecule has 0 spiro atoms. The summed E-state index contributed by atoms with van der Waals surface area (Å²) in [5.74, 6) is 0.479.